The normalized spacial score (nSPS) is 12.1. The van der Waals surface area contributed by atoms with Crippen LogP contribution in [0, 0.1) is 0 Å². The zero-order valence-corrected chi connectivity index (χ0v) is 19.4. The molecular weight excluding hydrogens is 452 g/mol. The number of carbonyl (C=O) groups is 1. The van der Waals surface area contributed by atoms with Gasteiger partial charge in [0.05, 0.1) is 18.7 Å². The molecule has 178 valence electrons. The van der Waals surface area contributed by atoms with Gasteiger partial charge >= 0.3 is 0 Å². The Morgan fingerprint density at radius 1 is 0.833 bits per heavy atom. The van der Waals surface area contributed by atoms with E-state index in [0.717, 1.165) is 16.7 Å². The van der Waals surface area contributed by atoms with E-state index in [1.165, 1.54) is 12.4 Å². The lowest BCUT2D eigenvalue weighted by Crippen LogP contribution is -2.48. The number of hydrogen-bond donors (Lipinski definition) is 2. The summed E-state index contributed by atoms with van der Waals surface area (Å²) in [7, 11) is 0. The monoisotopic (exact) mass is 476 g/mol. The van der Waals surface area contributed by atoms with E-state index in [1.54, 1.807) is 6.20 Å². The molecule has 0 unspecified atom stereocenters. The Morgan fingerprint density at radius 2 is 1.39 bits per heavy atom. The molecular formula is C28H24N6O2. The quantitative estimate of drug-likeness (QED) is 0.325. The van der Waals surface area contributed by atoms with Crippen molar-refractivity contribution in [3.63, 3.8) is 0 Å². The summed E-state index contributed by atoms with van der Waals surface area (Å²) in [6.07, 6.45) is 4.54. The molecule has 1 atom stereocenters. The van der Waals surface area contributed by atoms with Crippen LogP contribution in [0.1, 0.15) is 35.0 Å². The molecule has 5 aromatic rings. The smallest absolute Gasteiger partial charge is 0.267 e. The third kappa shape index (κ3) is 4.62. The third-order valence-electron chi connectivity index (χ3n) is 5.89. The highest BCUT2D eigenvalue weighted by Gasteiger charge is 2.38. The van der Waals surface area contributed by atoms with Crippen molar-refractivity contribution in [2.24, 2.45) is 5.73 Å². The van der Waals surface area contributed by atoms with Crippen LogP contribution in [-0.2, 0) is 10.3 Å². The zero-order chi connectivity index (χ0) is 24.8. The van der Waals surface area contributed by atoms with E-state index in [4.69, 9.17) is 10.2 Å². The van der Waals surface area contributed by atoms with Crippen molar-refractivity contribution in [2.45, 2.75) is 18.0 Å². The van der Waals surface area contributed by atoms with Crippen molar-refractivity contribution < 1.29 is 9.21 Å². The van der Waals surface area contributed by atoms with Crippen LogP contribution in [0.15, 0.2) is 114 Å². The molecule has 0 aliphatic rings. The molecule has 0 saturated carbocycles. The van der Waals surface area contributed by atoms with E-state index in [0.29, 0.717) is 5.69 Å². The van der Waals surface area contributed by atoms with Gasteiger partial charge in [-0.15, -0.1) is 10.2 Å². The van der Waals surface area contributed by atoms with Gasteiger partial charge in [0.2, 0.25) is 11.8 Å². The molecule has 0 radical (unpaired) electrons. The number of nitrogens with two attached hydrogens (primary N) is 1. The maximum absolute atomic E-state index is 13.5. The molecule has 0 saturated heterocycles. The first kappa shape index (κ1) is 23.1. The second kappa shape index (κ2) is 10.3. The fourth-order valence-electron chi connectivity index (χ4n) is 4.23. The SMILES string of the molecule is N[C@@H](CC(=O)NC(c1ccccc1)(c1ccccc1)c1ccccc1)c1nnc(-c2cnccn2)o1. The maximum Gasteiger partial charge on any atom is 0.267 e. The predicted octanol–water partition coefficient (Wildman–Crippen LogP) is 4.02. The Balaban J connectivity index is 1.47. The molecule has 2 heterocycles. The summed E-state index contributed by atoms with van der Waals surface area (Å²) in [4.78, 5) is 21.7. The summed E-state index contributed by atoms with van der Waals surface area (Å²) < 4.78 is 5.69. The van der Waals surface area contributed by atoms with Gasteiger partial charge in [-0.25, -0.2) is 4.98 Å². The van der Waals surface area contributed by atoms with Crippen LogP contribution in [0.2, 0.25) is 0 Å². The first-order valence-electron chi connectivity index (χ1n) is 11.5. The Morgan fingerprint density at radius 3 is 1.89 bits per heavy atom. The van der Waals surface area contributed by atoms with Crippen LogP contribution < -0.4 is 11.1 Å². The van der Waals surface area contributed by atoms with Crippen molar-refractivity contribution >= 4 is 5.91 Å². The Hall–Kier alpha value is -4.69. The van der Waals surface area contributed by atoms with E-state index >= 15 is 0 Å². The number of benzene rings is 3. The van der Waals surface area contributed by atoms with Crippen LogP contribution in [0.3, 0.4) is 0 Å². The molecule has 36 heavy (non-hydrogen) atoms. The van der Waals surface area contributed by atoms with Gasteiger partial charge in [0.1, 0.15) is 11.2 Å². The number of nitrogens with one attached hydrogen (secondary N) is 1. The van der Waals surface area contributed by atoms with Crippen LogP contribution in [0.5, 0.6) is 0 Å². The van der Waals surface area contributed by atoms with Crippen molar-refractivity contribution in [2.75, 3.05) is 0 Å². The van der Waals surface area contributed by atoms with Gasteiger partial charge in [0, 0.05) is 12.4 Å². The van der Waals surface area contributed by atoms with Crippen LogP contribution in [0.25, 0.3) is 11.6 Å². The minimum absolute atomic E-state index is 0.0592. The molecule has 2 aromatic heterocycles. The average Bonchev–Trinajstić information content (AvgIpc) is 3.45. The fraction of sp³-hybridized carbons (Fsp3) is 0.107. The molecule has 0 bridgehead atoms. The van der Waals surface area contributed by atoms with Gasteiger partial charge in [-0.05, 0) is 16.7 Å². The average molecular weight is 477 g/mol. The highest BCUT2D eigenvalue weighted by molar-refractivity contribution is 5.79. The second-order valence-electron chi connectivity index (χ2n) is 8.24. The molecule has 0 spiro atoms. The van der Waals surface area contributed by atoms with Crippen LogP contribution in [-0.4, -0.2) is 26.1 Å². The lowest BCUT2D eigenvalue weighted by atomic mass is 9.77. The molecule has 0 aliphatic heterocycles. The Labute approximate surface area is 208 Å². The van der Waals surface area contributed by atoms with Gasteiger partial charge < -0.3 is 15.5 Å². The first-order valence-corrected chi connectivity index (χ1v) is 11.5. The second-order valence-corrected chi connectivity index (χ2v) is 8.24. The molecule has 8 nitrogen and oxygen atoms in total. The van der Waals surface area contributed by atoms with Crippen LogP contribution >= 0.6 is 0 Å². The van der Waals surface area contributed by atoms with Crippen molar-refractivity contribution in [1.82, 2.24) is 25.5 Å². The van der Waals surface area contributed by atoms with Crippen molar-refractivity contribution in [1.29, 1.82) is 0 Å². The highest BCUT2D eigenvalue weighted by Crippen LogP contribution is 2.37. The minimum Gasteiger partial charge on any atom is -0.417 e. The lowest BCUT2D eigenvalue weighted by Gasteiger charge is -2.37. The summed E-state index contributed by atoms with van der Waals surface area (Å²) in [6.45, 7) is 0. The largest absolute Gasteiger partial charge is 0.417 e. The lowest BCUT2D eigenvalue weighted by molar-refractivity contribution is -0.122. The summed E-state index contributed by atoms with van der Waals surface area (Å²) in [5, 5.41) is 11.3. The van der Waals surface area contributed by atoms with Crippen LogP contribution in [0.4, 0.5) is 0 Å². The number of aromatic nitrogens is 4. The number of hydrogen-bond acceptors (Lipinski definition) is 7. The topological polar surface area (TPSA) is 120 Å². The van der Waals surface area contributed by atoms with Gasteiger partial charge in [-0.2, -0.15) is 0 Å². The molecule has 3 N–H and O–H groups in total. The van der Waals surface area contributed by atoms with E-state index in [2.05, 4.69) is 25.5 Å². The highest BCUT2D eigenvalue weighted by atomic mass is 16.4. The maximum atomic E-state index is 13.5. The first-order chi connectivity index (χ1) is 17.7. The van der Waals surface area contributed by atoms with E-state index in [9.17, 15) is 4.79 Å². The fourth-order valence-corrected chi connectivity index (χ4v) is 4.23. The van der Waals surface area contributed by atoms with E-state index in [-0.39, 0.29) is 24.1 Å². The van der Waals surface area contributed by atoms with Gasteiger partial charge in [0.25, 0.3) is 5.89 Å². The summed E-state index contributed by atoms with van der Waals surface area (Å²) in [5.74, 6) is 0.0787. The molecule has 0 fully saturated rings. The molecule has 3 aromatic carbocycles. The number of amides is 1. The Kier molecular flexibility index (Phi) is 6.59. The van der Waals surface area contributed by atoms with E-state index in [1.807, 2.05) is 91.0 Å². The molecule has 0 aliphatic carbocycles. The number of carbonyl (C=O) groups excluding carboxylic acids is 1. The van der Waals surface area contributed by atoms with Crippen molar-refractivity contribution in [3.05, 3.63) is 132 Å². The third-order valence-corrected chi connectivity index (χ3v) is 5.89. The summed E-state index contributed by atoms with van der Waals surface area (Å²) in [5.41, 5.74) is 8.60. The van der Waals surface area contributed by atoms with Crippen molar-refractivity contribution in [3.8, 4) is 11.6 Å². The number of rotatable bonds is 8. The predicted molar refractivity (Wildman–Crippen MR) is 134 cm³/mol. The minimum atomic E-state index is -0.930. The zero-order valence-electron chi connectivity index (χ0n) is 19.4. The molecule has 8 heteroatoms. The standard InChI is InChI=1S/C28H24N6O2/c29-23(26-33-34-27(36-26)24-19-30-16-17-31-24)18-25(35)32-28(20-10-4-1-5-11-20,21-12-6-2-7-13-21)22-14-8-3-9-15-22/h1-17,19,23H,18,29H2,(H,32,35)/t23-/m0/s1. The molecule has 5 rings (SSSR count). The van der Waals surface area contributed by atoms with Gasteiger partial charge in [-0.1, -0.05) is 91.0 Å². The van der Waals surface area contributed by atoms with Gasteiger partial charge in [0.15, 0.2) is 0 Å². The summed E-state index contributed by atoms with van der Waals surface area (Å²) >= 11 is 0. The number of nitrogens with zero attached hydrogens (tertiary/aromatic N) is 4. The molecule has 1 amide bonds. The van der Waals surface area contributed by atoms with Gasteiger partial charge in [-0.3, -0.25) is 9.78 Å². The van der Waals surface area contributed by atoms with E-state index < -0.39 is 11.6 Å². The summed E-state index contributed by atoms with van der Waals surface area (Å²) in [6, 6.07) is 28.8. The Bertz CT molecular complexity index is 1310.